The monoisotopic (exact) mass is 299 g/mol. The van der Waals surface area contributed by atoms with Crippen molar-refractivity contribution in [2.24, 2.45) is 0 Å². The quantitative estimate of drug-likeness (QED) is 0.877. The van der Waals surface area contributed by atoms with Gasteiger partial charge >= 0.3 is 0 Å². The smallest absolute Gasteiger partial charge is 0.185 e. The number of fused-ring (bicyclic) bond motifs is 1. The molecule has 1 aromatic carbocycles. The van der Waals surface area contributed by atoms with Crippen molar-refractivity contribution in [3.05, 3.63) is 35.5 Å². The van der Waals surface area contributed by atoms with E-state index in [4.69, 9.17) is 0 Å². The summed E-state index contributed by atoms with van der Waals surface area (Å²) >= 11 is 0. The van der Waals surface area contributed by atoms with Crippen molar-refractivity contribution < 1.29 is 8.78 Å². The number of hydrogen-bond acceptors (Lipinski definition) is 3. The highest BCUT2D eigenvalue weighted by Crippen LogP contribution is 2.29. The van der Waals surface area contributed by atoms with Crippen molar-refractivity contribution in [3.8, 4) is 0 Å². The van der Waals surface area contributed by atoms with Crippen LogP contribution in [0.1, 0.15) is 5.69 Å². The van der Waals surface area contributed by atoms with Crippen LogP contribution in [0.4, 0.5) is 14.5 Å². The van der Waals surface area contributed by atoms with Gasteiger partial charge in [-0.05, 0) is 25.1 Å². The van der Waals surface area contributed by atoms with Crippen LogP contribution in [0.15, 0.2) is 18.2 Å². The van der Waals surface area contributed by atoms with Crippen LogP contribution in [0.3, 0.4) is 0 Å². The first-order valence-electron chi connectivity index (χ1n) is 6.38. The maximum Gasteiger partial charge on any atom is 0.185 e. The number of nitrogens with one attached hydrogen (secondary N) is 1. The van der Waals surface area contributed by atoms with Crippen LogP contribution in [0.25, 0.3) is 10.9 Å². The molecule has 108 valence electrons. The van der Waals surface area contributed by atoms with Gasteiger partial charge in [0, 0.05) is 42.9 Å². The Morgan fingerprint density at radius 2 is 1.90 bits per heavy atom. The standard InChI is InChI=1S/C14H15F2N3.ClH/c1-9-8-12(19-6-4-17-5-7-19)10-2-3-11(15)13(16)14(10)18-9;/h2-3,8,17H,4-7H2,1H3;1H. The minimum Gasteiger partial charge on any atom is -0.368 e. The van der Waals surface area contributed by atoms with Crippen LogP contribution in [-0.4, -0.2) is 31.2 Å². The second-order valence-electron chi connectivity index (χ2n) is 4.78. The predicted octanol–water partition coefficient (Wildman–Crippen LogP) is 2.65. The Bertz CT molecular complexity index is 627. The molecule has 2 heterocycles. The zero-order valence-electron chi connectivity index (χ0n) is 11.1. The minimum atomic E-state index is -0.863. The van der Waals surface area contributed by atoms with E-state index in [1.54, 1.807) is 13.0 Å². The molecule has 3 nitrogen and oxygen atoms in total. The second-order valence-corrected chi connectivity index (χ2v) is 4.78. The van der Waals surface area contributed by atoms with Gasteiger partial charge in [0.1, 0.15) is 5.52 Å². The van der Waals surface area contributed by atoms with Gasteiger partial charge in [0.05, 0.1) is 0 Å². The van der Waals surface area contributed by atoms with E-state index < -0.39 is 11.6 Å². The highest BCUT2D eigenvalue weighted by molar-refractivity contribution is 5.92. The molecule has 0 unspecified atom stereocenters. The third kappa shape index (κ3) is 2.55. The van der Waals surface area contributed by atoms with Crippen LogP contribution in [0, 0.1) is 18.6 Å². The van der Waals surface area contributed by atoms with Gasteiger partial charge in [0.15, 0.2) is 11.6 Å². The average molecular weight is 300 g/mol. The molecule has 0 aliphatic carbocycles. The van der Waals surface area contributed by atoms with E-state index in [9.17, 15) is 8.78 Å². The molecule has 1 N–H and O–H groups in total. The number of piperazine rings is 1. The molecule has 1 fully saturated rings. The predicted molar refractivity (Wildman–Crippen MR) is 78.7 cm³/mol. The fraction of sp³-hybridized carbons (Fsp3) is 0.357. The molecule has 20 heavy (non-hydrogen) atoms. The van der Waals surface area contributed by atoms with Gasteiger partial charge in [-0.3, -0.25) is 0 Å². The number of pyridine rings is 1. The molecular weight excluding hydrogens is 284 g/mol. The summed E-state index contributed by atoms with van der Waals surface area (Å²) in [7, 11) is 0. The topological polar surface area (TPSA) is 28.2 Å². The van der Waals surface area contributed by atoms with Crippen molar-refractivity contribution in [2.45, 2.75) is 6.92 Å². The van der Waals surface area contributed by atoms with Crippen LogP contribution in [0.5, 0.6) is 0 Å². The summed E-state index contributed by atoms with van der Waals surface area (Å²) in [5.41, 5.74) is 1.75. The normalized spacial score (nSPS) is 15.2. The van der Waals surface area contributed by atoms with Gasteiger partial charge in [-0.2, -0.15) is 0 Å². The summed E-state index contributed by atoms with van der Waals surface area (Å²) in [4.78, 5) is 6.32. The van der Waals surface area contributed by atoms with E-state index >= 15 is 0 Å². The van der Waals surface area contributed by atoms with Crippen molar-refractivity contribution in [1.29, 1.82) is 0 Å². The van der Waals surface area contributed by atoms with Crippen LogP contribution in [-0.2, 0) is 0 Å². The Morgan fingerprint density at radius 3 is 2.60 bits per heavy atom. The lowest BCUT2D eigenvalue weighted by Crippen LogP contribution is -2.43. The Balaban J connectivity index is 0.00000147. The van der Waals surface area contributed by atoms with E-state index in [-0.39, 0.29) is 17.9 Å². The summed E-state index contributed by atoms with van der Waals surface area (Å²) in [5.74, 6) is -1.71. The molecule has 1 aromatic heterocycles. The number of halogens is 3. The highest BCUT2D eigenvalue weighted by atomic mass is 35.5. The average Bonchev–Trinajstić information content (AvgIpc) is 2.44. The number of nitrogens with zero attached hydrogens (tertiary/aromatic N) is 2. The van der Waals surface area contributed by atoms with Crippen molar-refractivity contribution >= 4 is 29.0 Å². The van der Waals surface area contributed by atoms with Gasteiger partial charge < -0.3 is 10.2 Å². The molecule has 0 amide bonds. The number of anilines is 1. The Hall–Kier alpha value is -1.46. The lowest BCUT2D eigenvalue weighted by atomic mass is 10.1. The van der Waals surface area contributed by atoms with E-state index in [0.29, 0.717) is 11.1 Å². The lowest BCUT2D eigenvalue weighted by molar-refractivity contribution is 0.515. The Labute approximate surface area is 122 Å². The van der Waals surface area contributed by atoms with Gasteiger partial charge in [0.2, 0.25) is 0 Å². The molecule has 1 saturated heterocycles. The maximum atomic E-state index is 13.9. The third-order valence-electron chi connectivity index (χ3n) is 3.44. The molecule has 1 aliphatic rings. The Kier molecular flexibility index (Phi) is 4.40. The van der Waals surface area contributed by atoms with E-state index in [2.05, 4.69) is 15.2 Å². The number of aryl methyl sites for hydroxylation is 1. The van der Waals surface area contributed by atoms with Gasteiger partial charge in [0.25, 0.3) is 0 Å². The summed E-state index contributed by atoms with van der Waals surface area (Å²) in [6.45, 7) is 5.31. The molecule has 3 rings (SSSR count). The molecule has 0 bridgehead atoms. The number of benzene rings is 1. The van der Waals surface area contributed by atoms with Gasteiger partial charge in [-0.15, -0.1) is 12.4 Å². The van der Waals surface area contributed by atoms with Gasteiger partial charge in [-0.25, -0.2) is 13.8 Å². The summed E-state index contributed by atoms with van der Waals surface area (Å²) in [6, 6.07) is 4.71. The van der Waals surface area contributed by atoms with Crippen LogP contribution < -0.4 is 10.2 Å². The van der Waals surface area contributed by atoms with Crippen molar-refractivity contribution in [1.82, 2.24) is 10.3 Å². The van der Waals surface area contributed by atoms with Gasteiger partial charge in [-0.1, -0.05) is 0 Å². The zero-order chi connectivity index (χ0) is 13.4. The molecule has 1 aliphatic heterocycles. The highest BCUT2D eigenvalue weighted by Gasteiger charge is 2.17. The van der Waals surface area contributed by atoms with Crippen LogP contribution >= 0.6 is 12.4 Å². The Morgan fingerprint density at radius 1 is 1.20 bits per heavy atom. The minimum absolute atomic E-state index is 0. The zero-order valence-corrected chi connectivity index (χ0v) is 11.9. The molecular formula is C14H16ClF2N3. The fourth-order valence-electron chi connectivity index (χ4n) is 2.51. The molecule has 0 saturated carbocycles. The first-order chi connectivity index (χ1) is 9.16. The molecule has 2 aromatic rings. The molecule has 0 atom stereocenters. The maximum absolute atomic E-state index is 13.9. The number of rotatable bonds is 1. The van der Waals surface area contributed by atoms with E-state index in [1.165, 1.54) is 6.07 Å². The van der Waals surface area contributed by atoms with Crippen molar-refractivity contribution in [3.63, 3.8) is 0 Å². The molecule has 0 spiro atoms. The van der Waals surface area contributed by atoms with E-state index in [0.717, 1.165) is 31.9 Å². The number of hydrogen-bond donors (Lipinski definition) is 1. The largest absolute Gasteiger partial charge is 0.368 e. The second kappa shape index (κ2) is 5.89. The fourth-order valence-corrected chi connectivity index (χ4v) is 2.51. The SMILES string of the molecule is Cc1cc(N2CCNCC2)c2ccc(F)c(F)c2n1.Cl. The van der Waals surface area contributed by atoms with Crippen LogP contribution in [0.2, 0.25) is 0 Å². The third-order valence-corrected chi connectivity index (χ3v) is 3.44. The molecule has 6 heteroatoms. The summed E-state index contributed by atoms with van der Waals surface area (Å²) in [6.07, 6.45) is 0. The number of aromatic nitrogens is 1. The first kappa shape index (κ1) is 14.9. The van der Waals surface area contributed by atoms with Crippen molar-refractivity contribution in [2.75, 3.05) is 31.1 Å². The first-order valence-corrected chi connectivity index (χ1v) is 6.38. The summed E-state index contributed by atoms with van der Waals surface area (Å²) in [5, 5.41) is 3.95. The summed E-state index contributed by atoms with van der Waals surface area (Å²) < 4.78 is 27.2. The molecule has 0 radical (unpaired) electrons. The van der Waals surface area contributed by atoms with E-state index in [1.807, 2.05) is 6.07 Å². The lowest BCUT2D eigenvalue weighted by Gasteiger charge is -2.30.